The van der Waals surface area contributed by atoms with Crippen molar-refractivity contribution in [2.45, 2.75) is 38.4 Å². The van der Waals surface area contributed by atoms with Crippen molar-refractivity contribution in [2.75, 3.05) is 6.67 Å². The second-order valence-electron chi connectivity index (χ2n) is 9.07. The number of carbonyl (C=O) groups excluding carboxylic acids is 2. The van der Waals surface area contributed by atoms with Crippen LogP contribution in [-0.2, 0) is 35.0 Å². The van der Waals surface area contributed by atoms with Gasteiger partial charge in [0.05, 0.1) is 22.3 Å². The van der Waals surface area contributed by atoms with Crippen LogP contribution >= 0.6 is 0 Å². The Morgan fingerprint density at radius 2 is 2.09 bits per heavy atom. The van der Waals surface area contributed by atoms with Crippen molar-refractivity contribution < 1.29 is 31.5 Å². The molecule has 2 aromatic heterocycles. The van der Waals surface area contributed by atoms with Gasteiger partial charge in [0.25, 0.3) is 0 Å². The Morgan fingerprint density at radius 1 is 1.31 bits per heavy atom. The highest BCUT2D eigenvalue weighted by atomic mass is 32.2. The van der Waals surface area contributed by atoms with Gasteiger partial charge in [-0.15, -0.1) is 0 Å². The first kappa shape index (κ1) is 23.3. The second-order valence-corrected chi connectivity index (χ2v) is 10.8. The maximum absolute atomic E-state index is 13.5. The summed E-state index contributed by atoms with van der Waals surface area (Å²) in [6, 6.07) is 1.11. The molecule has 1 aliphatic heterocycles. The number of rotatable bonds is 8. The number of fused-ring (bicyclic) bond motifs is 1. The molecule has 3 aliphatic rings. The number of amides is 3. The SMILES string of the molecule is Cc1cc(C[N+]2=C3C=CC(S(=O)(=O)NC4(CF)CC4)=CC3C(=O)N(Cc3cnn(C)c3)C2=O)on1. The minimum absolute atomic E-state index is 0.00576. The lowest BCUT2D eigenvalue weighted by molar-refractivity contribution is -0.459. The lowest BCUT2D eigenvalue weighted by atomic mass is 9.94. The van der Waals surface area contributed by atoms with Gasteiger partial charge in [-0.3, -0.25) is 4.68 Å². The van der Waals surface area contributed by atoms with Crippen LogP contribution in [0.2, 0.25) is 0 Å². The molecule has 1 saturated carbocycles. The summed E-state index contributed by atoms with van der Waals surface area (Å²) in [7, 11) is -2.35. The number of nitrogens with one attached hydrogen (secondary N) is 1. The first-order valence-corrected chi connectivity index (χ1v) is 12.5. The predicted octanol–water partition coefficient (Wildman–Crippen LogP) is 1.32. The highest BCUT2D eigenvalue weighted by molar-refractivity contribution is 7.93. The molecule has 1 atom stereocenters. The molecule has 0 radical (unpaired) electrons. The minimum atomic E-state index is -4.07. The third-order valence-corrected chi connectivity index (χ3v) is 7.83. The first-order chi connectivity index (χ1) is 16.6. The second kappa shape index (κ2) is 8.34. The van der Waals surface area contributed by atoms with Crippen LogP contribution in [0.5, 0.6) is 0 Å². The van der Waals surface area contributed by atoms with Gasteiger partial charge in [-0.05, 0) is 38.0 Å². The zero-order valence-electron chi connectivity index (χ0n) is 19.1. The summed E-state index contributed by atoms with van der Waals surface area (Å²) in [4.78, 5) is 27.8. The maximum atomic E-state index is 13.5. The lowest BCUT2D eigenvalue weighted by Gasteiger charge is -2.27. The van der Waals surface area contributed by atoms with E-state index in [4.69, 9.17) is 4.52 Å². The summed E-state index contributed by atoms with van der Waals surface area (Å²) in [6.07, 6.45) is 8.12. The van der Waals surface area contributed by atoms with Crippen LogP contribution in [0.1, 0.15) is 29.9 Å². The van der Waals surface area contributed by atoms with Gasteiger partial charge in [0.15, 0.2) is 12.3 Å². The van der Waals surface area contributed by atoms with E-state index in [9.17, 15) is 22.4 Å². The van der Waals surface area contributed by atoms with Gasteiger partial charge in [-0.1, -0.05) is 5.16 Å². The number of aromatic nitrogens is 3. The number of carbonyl (C=O) groups is 2. The van der Waals surface area contributed by atoms with Crippen molar-refractivity contribution in [1.82, 2.24) is 24.6 Å². The minimum Gasteiger partial charge on any atom is -0.357 e. The van der Waals surface area contributed by atoms with Crippen molar-refractivity contribution in [3.8, 4) is 0 Å². The van der Waals surface area contributed by atoms with Crippen molar-refractivity contribution in [3.63, 3.8) is 0 Å². The standard InChI is InChI=1S/C22H24FN6O5S/c1-14-7-16(34-25-14)12-28-19-4-3-17(35(32,33)26-22(13-23)5-6-22)8-18(19)20(30)29(21(28)31)11-15-9-24-27(2)10-15/h3-4,7-10,18,26H,5-6,11-13H2,1-2H3/q+1. The monoisotopic (exact) mass is 503 g/mol. The molecule has 35 heavy (non-hydrogen) atoms. The molecule has 0 saturated heterocycles. The van der Waals surface area contributed by atoms with Crippen LogP contribution in [0.25, 0.3) is 0 Å². The Hall–Kier alpha value is -3.45. The van der Waals surface area contributed by atoms with Crippen LogP contribution < -0.4 is 4.72 Å². The number of hydrogen-bond donors (Lipinski definition) is 1. The average molecular weight is 504 g/mol. The summed E-state index contributed by atoms with van der Waals surface area (Å²) >= 11 is 0. The molecular formula is C22H24FN6O5S+. The summed E-state index contributed by atoms with van der Waals surface area (Å²) in [5, 5.41) is 7.93. The summed E-state index contributed by atoms with van der Waals surface area (Å²) < 4.78 is 49.8. The fourth-order valence-electron chi connectivity index (χ4n) is 4.17. The molecule has 2 aromatic rings. The highest BCUT2D eigenvalue weighted by Gasteiger charge is 2.50. The Balaban J connectivity index is 1.53. The maximum Gasteiger partial charge on any atom is 0.501 e. The molecule has 184 valence electrons. The van der Waals surface area contributed by atoms with Crippen molar-refractivity contribution in [2.24, 2.45) is 13.0 Å². The average Bonchev–Trinajstić information content (AvgIpc) is 3.26. The van der Waals surface area contributed by atoms with Crippen molar-refractivity contribution in [3.05, 3.63) is 58.6 Å². The van der Waals surface area contributed by atoms with Crippen LogP contribution in [0.15, 0.2) is 46.1 Å². The number of imide groups is 1. The molecule has 0 aromatic carbocycles. The number of aryl methyl sites for hydroxylation is 2. The summed E-state index contributed by atoms with van der Waals surface area (Å²) in [5.74, 6) is -1.19. The quantitative estimate of drug-likeness (QED) is 0.538. The number of urea groups is 1. The molecule has 2 aliphatic carbocycles. The first-order valence-electron chi connectivity index (χ1n) is 11.0. The molecule has 1 fully saturated rings. The Morgan fingerprint density at radius 3 is 2.69 bits per heavy atom. The molecule has 5 rings (SSSR count). The van der Waals surface area contributed by atoms with Crippen LogP contribution in [-0.4, -0.2) is 62.7 Å². The number of nitrogens with zero attached hydrogens (tertiary/aromatic N) is 5. The lowest BCUT2D eigenvalue weighted by Crippen LogP contribution is -2.54. The Bertz CT molecular complexity index is 1420. The van der Waals surface area contributed by atoms with E-state index in [0.717, 1.165) is 4.90 Å². The van der Waals surface area contributed by atoms with Gasteiger partial charge in [-0.25, -0.2) is 22.3 Å². The van der Waals surface area contributed by atoms with Crippen molar-refractivity contribution >= 4 is 27.7 Å². The topological polar surface area (TPSA) is 130 Å². The van der Waals surface area contributed by atoms with E-state index in [1.54, 1.807) is 37.1 Å². The molecule has 0 bridgehead atoms. The number of alkyl halides is 1. The van der Waals surface area contributed by atoms with E-state index in [-0.39, 0.29) is 18.0 Å². The van der Waals surface area contributed by atoms with E-state index in [2.05, 4.69) is 15.0 Å². The van der Waals surface area contributed by atoms with E-state index in [1.165, 1.54) is 22.8 Å². The molecular weight excluding hydrogens is 479 g/mol. The van der Waals surface area contributed by atoms with Gasteiger partial charge in [0.2, 0.25) is 10.0 Å². The number of allylic oxidation sites excluding steroid dienone is 2. The summed E-state index contributed by atoms with van der Waals surface area (Å²) in [6.45, 7) is 0.910. The van der Waals surface area contributed by atoms with Crippen molar-refractivity contribution in [1.29, 1.82) is 0 Å². The number of hydrogen-bond acceptors (Lipinski definition) is 7. The zero-order valence-corrected chi connectivity index (χ0v) is 20.0. The summed E-state index contributed by atoms with van der Waals surface area (Å²) in [5.41, 5.74) is 0.514. The fraction of sp³-hybridized carbons (Fsp3) is 0.409. The van der Waals surface area contributed by atoms with Gasteiger partial charge in [-0.2, -0.15) is 19.4 Å². The van der Waals surface area contributed by atoms with E-state index >= 15 is 0 Å². The van der Waals surface area contributed by atoms with Gasteiger partial charge < -0.3 is 4.52 Å². The number of sulfonamides is 1. The van der Waals surface area contributed by atoms with E-state index < -0.39 is 40.1 Å². The Kier molecular flexibility index (Phi) is 5.55. The highest BCUT2D eigenvalue weighted by Crippen LogP contribution is 2.38. The van der Waals surface area contributed by atoms with Crippen LogP contribution in [0.4, 0.5) is 9.18 Å². The van der Waals surface area contributed by atoms with Gasteiger partial charge >= 0.3 is 11.9 Å². The Labute approximate surface area is 200 Å². The van der Waals surface area contributed by atoms with E-state index in [1.807, 2.05) is 0 Å². The third-order valence-electron chi connectivity index (χ3n) is 6.23. The van der Waals surface area contributed by atoms with Crippen LogP contribution in [0, 0.1) is 12.8 Å². The molecule has 1 unspecified atom stereocenters. The molecule has 0 spiro atoms. The smallest absolute Gasteiger partial charge is 0.357 e. The van der Waals surface area contributed by atoms with Crippen LogP contribution in [0.3, 0.4) is 0 Å². The third kappa shape index (κ3) is 4.36. The van der Waals surface area contributed by atoms with E-state index in [0.29, 0.717) is 35.6 Å². The molecule has 3 heterocycles. The molecule has 1 N–H and O–H groups in total. The van der Waals surface area contributed by atoms with Gasteiger partial charge in [0, 0.05) is 24.9 Å². The normalized spacial score (nSPS) is 21.4. The molecule has 13 heteroatoms. The largest absolute Gasteiger partial charge is 0.501 e. The number of halogens is 1. The zero-order chi connectivity index (χ0) is 25.0. The fourth-order valence-corrected chi connectivity index (χ4v) is 5.68. The molecule has 11 nitrogen and oxygen atoms in total. The van der Waals surface area contributed by atoms with Gasteiger partial charge in [0.1, 0.15) is 24.8 Å². The predicted molar refractivity (Wildman–Crippen MR) is 120 cm³/mol. The molecule has 3 amide bonds.